The molecule has 0 aromatic carbocycles. The van der Waals surface area contributed by atoms with Gasteiger partial charge in [-0.1, -0.05) is 0 Å². The first-order valence-electron chi connectivity index (χ1n) is 6.90. The lowest BCUT2D eigenvalue weighted by Gasteiger charge is -2.37. The van der Waals surface area contributed by atoms with E-state index in [1.807, 2.05) is 10.3 Å². The number of aromatic carboxylic acids is 1. The SMILES string of the molecule is O=C(O)c1c(N2CCC3(CC2)OCCO3)nc2sccn12. The quantitative estimate of drug-likeness (QED) is 0.904. The Hall–Kier alpha value is -1.64. The molecule has 0 saturated carbocycles. The highest BCUT2D eigenvalue weighted by molar-refractivity contribution is 7.15. The van der Waals surface area contributed by atoms with Gasteiger partial charge in [0.1, 0.15) is 0 Å². The zero-order chi connectivity index (χ0) is 14.4. The van der Waals surface area contributed by atoms with Gasteiger partial charge in [0, 0.05) is 37.5 Å². The Balaban J connectivity index is 1.63. The summed E-state index contributed by atoms with van der Waals surface area (Å²) in [6.45, 7) is 2.65. The van der Waals surface area contributed by atoms with Crippen LogP contribution in [0.25, 0.3) is 4.96 Å². The standard InChI is InChI=1S/C13H15N3O4S/c17-11(18)9-10(14-12-16(9)5-8-21-12)15-3-1-13(2-4-15)19-6-7-20-13/h5,8H,1-4,6-7H2,(H,17,18). The van der Waals surface area contributed by atoms with E-state index < -0.39 is 11.8 Å². The van der Waals surface area contributed by atoms with Gasteiger partial charge in [-0.25, -0.2) is 9.78 Å². The smallest absolute Gasteiger partial charge is 0.356 e. The summed E-state index contributed by atoms with van der Waals surface area (Å²) in [6.07, 6.45) is 3.21. The third-order valence-electron chi connectivity index (χ3n) is 4.08. The molecule has 2 fully saturated rings. The van der Waals surface area contributed by atoms with Crippen LogP contribution in [0.15, 0.2) is 11.6 Å². The summed E-state index contributed by atoms with van der Waals surface area (Å²) in [6, 6.07) is 0. The van der Waals surface area contributed by atoms with Gasteiger partial charge < -0.3 is 19.5 Å². The van der Waals surface area contributed by atoms with E-state index in [0.717, 1.165) is 12.8 Å². The Morgan fingerprint density at radius 2 is 2.05 bits per heavy atom. The van der Waals surface area contributed by atoms with Gasteiger partial charge in [-0.3, -0.25) is 4.40 Å². The largest absolute Gasteiger partial charge is 0.476 e. The minimum absolute atomic E-state index is 0.232. The second-order valence-electron chi connectivity index (χ2n) is 5.24. The molecule has 2 aromatic rings. The third-order valence-corrected chi connectivity index (χ3v) is 4.84. The minimum atomic E-state index is -0.954. The van der Waals surface area contributed by atoms with Crippen LogP contribution >= 0.6 is 11.3 Å². The molecule has 2 aromatic heterocycles. The number of carboxylic acids is 1. The van der Waals surface area contributed by atoms with Crippen molar-refractivity contribution in [3.63, 3.8) is 0 Å². The van der Waals surface area contributed by atoms with Gasteiger partial charge in [-0.05, 0) is 0 Å². The van der Waals surface area contributed by atoms with E-state index in [9.17, 15) is 9.90 Å². The van der Waals surface area contributed by atoms with Gasteiger partial charge in [-0.15, -0.1) is 11.3 Å². The number of hydrogen-bond donors (Lipinski definition) is 1. The highest BCUT2D eigenvalue weighted by Crippen LogP contribution is 2.34. The van der Waals surface area contributed by atoms with Crippen LogP contribution in [0.5, 0.6) is 0 Å². The maximum Gasteiger partial charge on any atom is 0.356 e. The number of carbonyl (C=O) groups is 1. The van der Waals surface area contributed by atoms with Crippen molar-refractivity contribution in [2.24, 2.45) is 0 Å². The predicted molar refractivity (Wildman–Crippen MR) is 76.1 cm³/mol. The molecule has 0 bridgehead atoms. The maximum absolute atomic E-state index is 11.6. The first kappa shape index (κ1) is 13.1. The number of hydrogen-bond acceptors (Lipinski definition) is 6. The summed E-state index contributed by atoms with van der Waals surface area (Å²) in [7, 11) is 0. The number of ether oxygens (including phenoxy) is 2. The molecule has 8 heteroatoms. The van der Waals surface area contributed by atoms with Crippen molar-refractivity contribution in [2.75, 3.05) is 31.2 Å². The van der Waals surface area contributed by atoms with Crippen LogP contribution in [-0.2, 0) is 9.47 Å². The number of rotatable bonds is 2. The van der Waals surface area contributed by atoms with E-state index in [-0.39, 0.29) is 5.69 Å². The van der Waals surface area contributed by atoms with Gasteiger partial charge in [-0.2, -0.15) is 0 Å². The fraction of sp³-hybridized carbons (Fsp3) is 0.538. The minimum Gasteiger partial charge on any atom is -0.476 e. The third kappa shape index (κ3) is 2.02. The Kier molecular flexibility index (Phi) is 2.91. The molecule has 0 aliphatic carbocycles. The second-order valence-corrected chi connectivity index (χ2v) is 6.11. The molecular formula is C13H15N3O4S. The molecule has 2 saturated heterocycles. The summed E-state index contributed by atoms with van der Waals surface area (Å²) < 4.78 is 13.0. The van der Waals surface area contributed by atoms with Crippen molar-refractivity contribution in [1.29, 1.82) is 0 Å². The van der Waals surface area contributed by atoms with Crippen molar-refractivity contribution in [3.05, 3.63) is 17.3 Å². The molecule has 1 spiro atoms. The van der Waals surface area contributed by atoms with Crippen molar-refractivity contribution in [2.45, 2.75) is 18.6 Å². The van der Waals surface area contributed by atoms with Crippen LogP contribution in [-0.4, -0.2) is 52.6 Å². The molecule has 0 radical (unpaired) electrons. The van der Waals surface area contributed by atoms with Gasteiger partial charge in [0.25, 0.3) is 0 Å². The van der Waals surface area contributed by atoms with E-state index in [2.05, 4.69) is 4.98 Å². The van der Waals surface area contributed by atoms with E-state index in [1.165, 1.54) is 11.3 Å². The number of anilines is 1. The molecule has 2 aliphatic rings. The first-order valence-corrected chi connectivity index (χ1v) is 7.78. The number of carboxylic acid groups (broad SMARTS) is 1. The topological polar surface area (TPSA) is 76.3 Å². The Morgan fingerprint density at radius 3 is 2.71 bits per heavy atom. The second kappa shape index (κ2) is 4.69. The zero-order valence-electron chi connectivity index (χ0n) is 11.3. The predicted octanol–water partition coefficient (Wildman–Crippen LogP) is 1.44. The highest BCUT2D eigenvalue weighted by Gasteiger charge is 2.41. The molecule has 2 aliphatic heterocycles. The summed E-state index contributed by atoms with van der Waals surface area (Å²) in [5.41, 5.74) is 0.232. The fourth-order valence-corrected chi connectivity index (χ4v) is 3.75. The number of aromatic nitrogens is 2. The monoisotopic (exact) mass is 309 g/mol. The summed E-state index contributed by atoms with van der Waals surface area (Å²) >= 11 is 1.43. The first-order chi connectivity index (χ1) is 10.2. The van der Waals surface area contributed by atoms with Crippen molar-refractivity contribution < 1.29 is 19.4 Å². The number of piperidine rings is 1. The van der Waals surface area contributed by atoms with Crippen LogP contribution < -0.4 is 4.90 Å². The van der Waals surface area contributed by atoms with Gasteiger partial charge >= 0.3 is 5.97 Å². The Morgan fingerprint density at radius 1 is 1.33 bits per heavy atom. The molecule has 21 heavy (non-hydrogen) atoms. The molecule has 0 amide bonds. The van der Waals surface area contributed by atoms with Crippen LogP contribution in [0.3, 0.4) is 0 Å². The molecule has 0 atom stereocenters. The summed E-state index contributed by atoms with van der Waals surface area (Å²) in [4.78, 5) is 18.8. The molecule has 0 unspecified atom stereocenters. The van der Waals surface area contributed by atoms with Gasteiger partial charge in [0.2, 0.25) is 0 Å². The van der Waals surface area contributed by atoms with E-state index >= 15 is 0 Å². The van der Waals surface area contributed by atoms with Gasteiger partial charge in [0.15, 0.2) is 22.3 Å². The number of fused-ring (bicyclic) bond motifs is 1. The molecule has 4 heterocycles. The fourth-order valence-electron chi connectivity index (χ4n) is 3.04. The average Bonchev–Trinajstić information content (AvgIpc) is 3.14. The Bertz CT molecular complexity index is 679. The number of thiazole rings is 1. The lowest BCUT2D eigenvalue weighted by molar-refractivity contribution is -0.169. The van der Waals surface area contributed by atoms with E-state index in [0.29, 0.717) is 37.1 Å². The molecule has 4 rings (SSSR count). The lowest BCUT2D eigenvalue weighted by Crippen LogP contribution is -2.45. The molecule has 7 nitrogen and oxygen atoms in total. The summed E-state index contributed by atoms with van der Waals surface area (Å²) in [5.74, 6) is -0.872. The van der Waals surface area contributed by atoms with Crippen LogP contribution in [0, 0.1) is 0 Å². The highest BCUT2D eigenvalue weighted by atomic mass is 32.1. The Labute approximate surface area is 124 Å². The van der Waals surface area contributed by atoms with Crippen LogP contribution in [0.2, 0.25) is 0 Å². The molecule has 112 valence electrons. The average molecular weight is 309 g/mol. The van der Waals surface area contributed by atoms with Crippen molar-refractivity contribution >= 4 is 28.1 Å². The zero-order valence-corrected chi connectivity index (χ0v) is 12.1. The number of nitrogens with zero attached hydrogens (tertiary/aromatic N) is 3. The maximum atomic E-state index is 11.6. The molecular weight excluding hydrogens is 294 g/mol. The summed E-state index contributed by atoms with van der Waals surface area (Å²) in [5, 5.41) is 11.3. The normalized spacial score (nSPS) is 21.4. The van der Waals surface area contributed by atoms with Crippen molar-refractivity contribution in [1.82, 2.24) is 9.38 Å². The van der Waals surface area contributed by atoms with Gasteiger partial charge in [0.05, 0.1) is 13.2 Å². The lowest BCUT2D eigenvalue weighted by atomic mass is 10.0. The molecule has 1 N–H and O–H groups in total. The van der Waals surface area contributed by atoms with Crippen molar-refractivity contribution in [3.8, 4) is 0 Å². The van der Waals surface area contributed by atoms with E-state index in [1.54, 1.807) is 10.6 Å². The van der Waals surface area contributed by atoms with E-state index in [4.69, 9.17) is 9.47 Å². The van der Waals surface area contributed by atoms with Crippen LogP contribution in [0.4, 0.5) is 5.82 Å². The van der Waals surface area contributed by atoms with Crippen LogP contribution in [0.1, 0.15) is 23.3 Å². The number of imidazole rings is 1.